The number of benzene rings is 1. The highest BCUT2D eigenvalue weighted by Crippen LogP contribution is 2.46. The third kappa shape index (κ3) is 5.30. The van der Waals surface area contributed by atoms with Gasteiger partial charge in [0.15, 0.2) is 0 Å². The Kier molecular flexibility index (Phi) is 6.21. The summed E-state index contributed by atoms with van der Waals surface area (Å²) in [7, 11) is 0. The standard InChI is InChI=1S/C28H35N3O4/c1-20-5-8-25-29-21(17-31(25)16-20)18-33-22-6-7-23-24(15-22)34-19-28(23)10-13-30(14-11-28)12-9-26(32)35-27(2,3)4/h5-8,15-17H,9-14,18-19H2,1-4H3. The number of carbonyl (C=O) groups excluding carboxylic acids is 1. The number of esters is 1. The molecule has 0 aliphatic carbocycles. The molecule has 7 heteroatoms. The molecule has 7 nitrogen and oxygen atoms in total. The number of fused-ring (bicyclic) bond motifs is 3. The number of pyridine rings is 1. The van der Waals surface area contributed by atoms with E-state index in [1.807, 2.05) is 49.6 Å². The predicted molar refractivity (Wildman–Crippen MR) is 134 cm³/mol. The van der Waals surface area contributed by atoms with E-state index in [1.165, 1.54) is 11.1 Å². The lowest BCUT2D eigenvalue weighted by molar-refractivity contribution is -0.155. The monoisotopic (exact) mass is 477 g/mol. The van der Waals surface area contributed by atoms with Crippen molar-refractivity contribution in [1.29, 1.82) is 0 Å². The SMILES string of the molecule is Cc1ccc2nc(COc3ccc4c(c3)OCC43CCN(CCC(=O)OC(C)(C)C)CC3)cn2c1. The fourth-order valence-electron chi connectivity index (χ4n) is 5.09. The third-order valence-corrected chi connectivity index (χ3v) is 6.93. The van der Waals surface area contributed by atoms with Crippen LogP contribution in [0.1, 0.15) is 56.9 Å². The molecule has 0 bridgehead atoms. The van der Waals surface area contributed by atoms with Gasteiger partial charge < -0.3 is 23.5 Å². The second-order valence-electron chi connectivity index (χ2n) is 10.9. The Bertz CT molecular complexity index is 1220. The highest BCUT2D eigenvalue weighted by atomic mass is 16.6. The van der Waals surface area contributed by atoms with Crippen LogP contribution in [0.4, 0.5) is 0 Å². The van der Waals surface area contributed by atoms with Gasteiger partial charge >= 0.3 is 5.97 Å². The molecule has 186 valence electrons. The average molecular weight is 478 g/mol. The number of aromatic nitrogens is 2. The van der Waals surface area contributed by atoms with Crippen LogP contribution in [0, 0.1) is 6.92 Å². The van der Waals surface area contributed by atoms with Crippen LogP contribution in [0.2, 0.25) is 0 Å². The molecule has 0 radical (unpaired) electrons. The van der Waals surface area contributed by atoms with Crippen LogP contribution in [-0.2, 0) is 21.6 Å². The van der Waals surface area contributed by atoms with Crippen molar-refractivity contribution in [2.45, 2.75) is 64.6 Å². The molecule has 0 unspecified atom stereocenters. The Labute approximate surface area is 207 Å². The first-order valence-electron chi connectivity index (χ1n) is 12.5. The number of carbonyl (C=O) groups is 1. The summed E-state index contributed by atoms with van der Waals surface area (Å²) in [5, 5.41) is 0. The van der Waals surface area contributed by atoms with Crippen LogP contribution < -0.4 is 9.47 Å². The molecule has 2 aliphatic rings. The zero-order chi connectivity index (χ0) is 24.6. The van der Waals surface area contributed by atoms with E-state index in [-0.39, 0.29) is 11.4 Å². The number of piperidine rings is 1. The van der Waals surface area contributed by atoms with E-state index in [0.717, 1.165) is 55.3 Å². The molecule has 3 aromatic rings. The van der Waals surface area contributed by atoms with E-state index in [0.29, 0.717) is 19.6 Å². The number of hydrogen-bond acceptors (Lipinski definition) is 6. The number of hydrogen-bond donors (Lipinski definition) is 0. The van der Waals surface area contributed by atoms with Gasteiger partial charge in [0, 0.05) is 36.0 Å². The normalized spacial score (nSPS) is 17.4. The van der Waals surface area contributed by atoms with Crippen LogP contribution in [0.15, 0.2) is 42.7 Å². The van der Waals surface area contributed by atoms with Crippen LogP contribution >= 0.6 is 0 Å². The summed E-state index contributed by atoms with van der Waals surface area (Å²) < 4.78 is 19.7. The van der Waals surface area contributed by atoms with Gasteiger partial charge in [-0.15, -0.1) is 0 Å². The van der Waals surface area contributed by atoms with E-state index in [2.05, 4.69) is 35.1 Å². The zero-order valence-electron chi connectivity index (χ0n) is 21.2. The van der Waals surface area contributed by atoms with Crippen LogP contribution in [0.3, 0.4) is 0 Å². The predicted octanol–water partition coefficient (Wildman–Crippen LogP) is 4.68. The lowest BCUT2D eigenvalue weighted by Gasteiger charge is -2.38. The van der Waals surface area contributed by atoms with Gasteiger partial charge in [-0.1, -0.05) is 12.1 Å². The van der Waals surface area contributed by atoms with Crippen molar-refractivity contribution in [1.82, 2.24) is 14.3 Å². The lowest BCUT2D eigenvalue weighted by Crippen LogP contribution is -2.44. The van der Waals surface area contributed by atoms with Crippen molar-refractivity contribution < 1.29 is 19.0 Å². The van der Waals surface area contributed by atoms with Crippen molar-refractivity contribution in [3.05, 3.63) is 59.5 Å². The van der Waals surface area contributed by atoms with Gasteiger partial charge in [-0.2, -0.15) is 0 Å². The second kappa shape index (κ2) is 9.19. The lowest BCUT2D eigenvalue weighted by atomic mass is 9.74. The van der Waals surface area contributed by atoms with E-state index in [1.54, 1.807) is 0 Å². The number of aryl methyl sites for hydroxylation is 1. The first-order chi connectivity index (χ1) is 16.7. The minimum absolute atomic E-state index is 0.0513. The molecular formula is C28H35N3O4. The number of nitrogens with zero attached hydrogens (tertiary/aromatic N) is 3. The van der Waals surface area contributed by atoms with Gasteiger partial charge in [0.2, 0.25) is 0 Å². The quantitative estimate of drug-likeness (QED) is 0.481. The van der Waals surface area contributed by atoms with E-state index in [9.17, 15) is 4.79 Å². The maximum absolute atomic E-state index is 12.1. The topological polar surface area (TPSA) is 65.3 Å². The summed E-state index contributed by atoms with van der Waals surface area (Å²) in [6.07, 6.45) is 6.56. The summed E-state index contributed by atoms with van der Waals surface area (Å²) in [6, 6.07) is 10.3. The van der Waals surface area contributed by atoms with E-state index < -0.39 is 5.60 Å². The first kappa shape index (κ1) is 23.7. The summed E-state index contributed by atoms with van der Waals surface area (Å²) in [5.41, 5.74) is 3.91. The van der Waals surface area contributed by atoms with Crippen LogP contribution in [0.25, 0.3) is 5.65 Å². The molecule has 0 atom stereocenters. The molecular weight excluding hydrogens is 442 g/mol. The highest BCUT2D eigenvalue weighted by Gasteiger charge is 2.43. The van der Waals surface area contributed by atoms with Crippen LogP contribution in [0.5, 0.6) is 11.5 Å². The number of rotatable bonds is 6. The van der Waals surface area contributed by atoms with Crippen molar-refractivity contribution in [2.24, 2.45) is 0 Å². The van der Waals surface area contributed by atoms with Gasteiger partial charge in [-0.3, -0.25) is 4.79 Å². The smallest absolute Gasteiger partial charge is 0.307 e. The molecule has 1 aromatic carbocycles. The molecule has 4 heterocycles. The summed E-state index contributed by atoms with van der Waals surface area (Å²) in [4.78, 5) is 19.1. The molecule has 0 saturated carbocycles. The zero-order valence-corrected chi connectivity index (χ0v) is 21.2. The van der Waals surface area contributed by atoms with E-state index >= 15 is 0 Å². The average Bonchev–Trinajstić information content (AvgIpc) is 3.37. The van der Waals surface area contributed by atoms with Crippen molar-refractivity contribution in [3.8, 4) is 11.5 Å². The fourth-order valence-corrected chi connectivity index (χ4v) is 5.09. The minimum Gasteiger partial charge on any atom is -0.492 e. The second-order valence-corrected chi connectivity index (χ2v) is 10.9. The summed E-state index contributed by atoms with van der Waals surface area (Å²) in [6.45, 7) is 11.6. The third-order valence-electron chi connectivity index (χ3n) is 6.93. The number of likely N-dealkylation sites (tertiary alicyclic amines) is 1. The number of imidazole rings is 1. The Morgan fingerprint density at radius 3 is 2.71 bits per heavy atom. The molecule has 35 heavy (non-hydrogen) atoms. The molecule has 1 spiro atoms. The summed E-state index contributed by atoms with van der Waals surface area (Å²) >= 11 is 0. The fraction of sp³-hybridized carbons (Fsp3) is 0.500. The van der Waals surface area contributed by atoms with Gasteiger partial charge in [0.25, 0.3) is 0 Å². The van der Waals surface area contributed by atoms with Crippen molar-refractivity contribution >= 4 is 11.6 Å². The molecule has 5 rings (SSSR count). The molecule has 1 saturated heterocycles. The maximum atomic E-state index is 12.1. The Morgan fingerprint density at radius 1 is 1.14 bits per heavy atom. The van der Waals surface area contributed by atoms with E-state index in [4.69, 9.17) is 14.2 Å². The minimum atomic E-state index is -0.428. The number of ether oxygens (including phenoxy) is 3. The Balaban J connectivity index is 1.16. The van der Waals surface area contributed by atoms with Gasteiger partial charge in [-0.25, -0.2) is 4.98 Å². The van der Waals surface area contributed by atoms with Gasteiger partial charge in [0.05, 0.1) is 18.7 Å². The molecule has 1 fully saturated rings. The van der Waals surface area contributed by atoms with Crippen molar-refractivity contribution in [3.63, 3.8) is 0 Å². The van der Waals surface area contributed by atoms with Crippen LogP contribution in [-0.4, -0.2) is 52.1 Å². The first-order valence-corrected chi connectivity index (χ1v) is 12.5. The highest BCUT2D eigenvalue weighted by molar-refractivity contribution is 5.70. The molecule has 2 aliphatic heterocycles. The largest absolute Gasteiger partial charge is 0.492 e. The van der Waals surface area contributed by atoms with Gasteiger partial charge in [0.1, 0.15) is 29.4 Å². The van der Waals surface area contributed by atoms with Crippen molar-refractivity contribution in [2.75, 3.05) is 26.2 Å². The summed E-state index contributed by atoms with van der Waals surface area (Å²) in [5.74, 6) is 1.60. The maximum Gasteiger partial charge on any atom is 0.307 e. The molecule has 0 amide bonds. The Hall–Kier alpha value is -3.06. The van der Waals surface area contributed by atoms with Gasteiger partial charge in [-0.05, 0) is 71.3 Å². The molecule has 0 N–H and O–H groups in total. The molecule has 2 aromatic heterocycles. The Morgan fingerprint density at radius 2 is 1.94 bits per heavy atom.